The number of hydrogen-bond donors (Lipinski definition) is 1. The van der Waals surface area contributed by atoms with Crippen LogP contribution >= 0.6 is 46.3 Å². The number of fused-ring (bicyclic) bond motifs is 1. The number of amides is 1. The second-order valence-corrected chi connectivity index (χ2v) is 9.17. The molecule has 4 rings (SSSR count). The fraction of sp³-hybridized carbons (Fsp3) is 0.0952. The van der Waals surface area contributed by atoms with Gasteiger partial charge in [0.05, 0.1) is 28.9 Å². The van der Waals surface area contributed by atoms with Crippen LogP contribution < -0.4 is 10.9 Å². The topological polar surface area (TPSA) is 64.0 Å². The maximum atomic E-state index is 13.2. The first-order valence-electron chi connectivity index (χ1n) is 8.91. The highest BCUT2D eigenvalue weighted by atomic mass is 35.5. The van der Waals surface area contributed by atoms with E-state index in [1.165, 1.54) is 16.3 Å². The summed E-state index contributed by atoms with van der Waals surface area (Å²) in [7, 11) is 0. The minimum atomic E-state index is -0.236. The van der Waals surface area contributed by atoms with Crippen molar-refractivity contribution in [3.63, 3.8) is 0 Å². The highest BCUT2D eigenvalue weighted by Crippen LogP contribution is 2.24. The summed E-state index contributed by atoms with van der Waals surface area (Å²) < 4.78 is 1.49. The van der Waals surface area contributed by atoms with Gasteiger partial charge in [0.25, 0.3) is 5.56 Å². The molecular formula is C21H15Cl2N3O2S2. The van der Waals surface area contributed by atoms with Gasteiger partial charge in [-0.15, -0.1) is 11.3 Å². The summed E-state index contributed by atoms with van der Waals surface area (Å²) in [6.45, 7) is 0.474. The molecule has 2 heterocycles. The third-order valence-electron chi connectivity index (χ3n) is 4.26. The normalized spacial score (nSPS) is 11.0. The molecule has 1 N–H and O–H groups in total. The average molecular weight is 476 g/mol. The van der Waals surface area contributed by atoms with Crippen LogP contribution in [-0.4, -0.2) is 21.2 Å². The van der Waals surface area contributed by atoms with Crippen molar-refractivity contribution in [2.75, 3.05) is 5.75 Å². The molecule has 0 unspecified atom stereocenters. The van der Waals surface area contributed by atoms with Crippen LogP contribution in [0.25, 0.3) is 16.6 Å². The zero-order valence-corrected chi connectivity index (χ0v) is 18.6. The molecular weight excluding hydrogens is 461 g/mol. The van der Waals surface area contributed by atoms with Crippen LogP contribution in [0.1, 0.15) is 4.88 Å². The molecule has 0 spiro atoms. The molecule has 0 radical (unpaired) electrons. The second-order valence-electron chi connectivity index (χ2n) is 6.32. The van der Waals surface area contributed by atoms with E-state index in [0.717, 1.165) is 4.88 Å². The monoisotopic (exact) mass is 475 g/mol. The van der Waals surface area contributed by atoms with Crippen molar-refractivity contribution in [2.45, 2.75) is 11.7 Å². The number of thioether (sulfide) groups is 1. The number of benzene rings is 2. The first kappa shape index (κ1) is 20.9. The van der Waals surface area contributed by atoms with Gasteiger partial charge in [0, 0.05) is 14.9 Å². The van der Waals surface area contributed by atoms with Gasteiger partial charge in [-0.05, 0) is 53.9 Å². The second kappa shape index (κ2) is 9.22. The Morgan fingerprint density at radius 1 is 1.10 bits per heavy atom. The Hall–Kier alpha value is -2.32. The van der Waals surface area contributed by atoms with Gasteiger partial charge in [-0.1, -0.05) is 41.0 Å². The molecule has 0 bridgehead atoms. The molecule has 2 aromatic heterocycles. The Bertz CT molecular complexity index is 1260. The Labute approximate surface area is 190 Å². The minimum Gasteiger partial charge on any atom is -0.350 e. The van der Waals surface area contributed by atoms with E-state index in [2.05, 4.69) is 10.3 Å². The third kappa shape index (κ3) is 4.70. The maximum Gasteiger partial charge on any atom is 0.266 e. The van der Waals surface area contributed by atoms with Gasteiger partial charge in [-0.2, -0.15) is 0 Å². The summed E-state index contributed by atoms with van der Waals surface area (Å²) in [5.74, 6) is -0.0196. The van der Waals surface area contributed by atoms with Crippen molar-refractivity contribution < 1.29 is 4.79 Å². The highest BCUT2D eigenvalue weighted by molar-refractivity contribution is 7.99. The van der Waals surface area contributed by atoms with Gasteiger partial charge in [0.1, 0.15) is 0 Å². The number of carbonyl (C=O) groups is 1. The summed E-state index contributed by atoms with van der Waals surface area (Å²) in [6, 6.07) is 15.8. The van der Waals surface area contributed by atoms with Crippen LogP contribution in [0, 0.1) is 0 Å². The highest BCUT2D eigenvalue weighted by Gasteiger charge is 2.15. The van der Waals surface area contributed by atoms with Crippen molar-refractivity contribution >= 4 is 63.1 Å². The van der Waals surface area contributed by atoms with Crippen LogP contribution in [0.4, 0.5) is 0 Å². The first-order valence-corrected chi connectivity index (χ1v) is 11.5. The molecule has 1 amide bonds. The zero-order valence-electron chi connectivity index (χ0n) is 15.5. The number of hydrogen-bond acceptors (Lipinski definition) is 5. The Morgan fingerprint density at radius 2 is 1.87 bits per heavy atom. The van der Waals surface area contributed by atoms with E-state index < -0.39 is 0 Å². The Morgan fingerprint density at radius 3 is 2.60 bits per heavy atom. The number of nitrogens with zero attached hydrogens (tertiary/aromatic N) is 2. The molecule has 0 aliphatic rings. The SMILES string of the molecule is O=C(CSc1nc2cc(Cl)ccc2c(=O)n1-c1ccc(Cl)cc1)NCc1cccs1. The lowest BCUT2D eigenvalue weighted by Crippen LogP contribution is -2.26. The molecule has 9 heteroatoms. The van der Waals surface area contributed by atoms with Crippen LogP contribution in [0.2, 0.25) is 10.0 Å². The Kier molecular flexibility index (Phi) is 6.43. The Balaban J connectivity index is 1.66. The molecule has 0 saturated carbocycles. The van der Waals surface area contributed by atoms with E-state index in [-0.39, 0.29) is 17.2 Å². The van der Waals surface area contributed by atoms with E-state index in [1.54, 1.807) is 53.8 Å². The predicted octanol–water partition coefficient (Wildman–Crippen LogP) is 5.16. The number of carbonyl (C=O) groups excluding carboxylic acids is 1. The van der Waals surface area contributed by atoms with Gasteiger partial charge in [0.2, 0.25) is 5.91 Å². The van der Waals surface area contributed by atoms with Crippen LogP contribution in [0.5, 0.6) is 0 Å². The van der Waals surface area contributed by atoms with E-state index >= 15 is 0 Å². The zero-order chi connectivity index (χ0) is 21.1. The number of aromatic nitrogens is 2. The van der Waals surface area contributed by atoms with E-state index in [1.807, 2.05) is 17.5 Å². The third-order valence-corrected chi connectivity index (χ3v) is 6.56. The molecule has 0 atom stereocenters. The maximum absolute atomic E-state index is 13.2. The van der Waals surface area contributed by atoms with Crippen LogP contribution in [0.15, 0.2) is 69.9 Å². The largest absolute Gasteiger partial charge is 0.350 e. The molecule has 0 aliphatic heterocycles. The molecule has 5 nitrogen and oxygen atoms in total. The summed E-state index contributed by atoms with van der Waals surface area (Å²) in [5, 5.41) is 6.75. The minimum absolute atomic E-state index is 0.122. The van der Waals surface area contributed by atoms with Gasteiger partial charge in [-0.3, -0.25) is 14.2 Å². The van der Waals surface area contributed by atoms with Crippen LogP contribution in [0.3, 0.4) is 0 Å². The fourth-order valence-electron chi connectivity index (χ4n) is 2.83. The van der Waals surface area contributed by atoms with Gasteiger partial charge < -0.3 is 5.32 Å². The molecule has 152 valence electrons. The lowest BCUT2D eigenvalue weighted by Gasteiger charge is -2.13. The smallest absolute Gasteiger partial charge is 0.266 e. The van der Waals surface area contributed by atoms with Gasteiger partial charge >= 0.3 is 0 Å². The van der Waals surface area contributed by atoms with Gasteiger partial charge in [0.15, 0.2) is 5.16 Å². The number of thiophene rings is 1. The fourth-order valence-corrected chi connectivity index (χ4v) is 4.61. The summed E-state index contributed by atoms with van der Waals surface area (Å²) in [6.07, 6.45) is 0. The molecule has 0 aliphatic carbocycles. The number of nitrogens with one attached hydrogen (secondary N) is 1. The molecule has 0 saturated heterocycles. The number of rotatable bonds is 6. The van der Waals surface area contributed by atoms with Crippen molar-refractivity contribution in [2.24, 2.45) is 0 Å². The summed E-state index contributed by atoms with van der Waals surface area (Å²) >= 11 is 14.9. The summed E-state index contributed by atoms with van der Waals surface area (Å²) in [5.41, 5.74) is 0.870. The molecule has 4 aromatic rings. The average Bonchev–Trinajstić information content (AvgIpc) is 3.25. The van der Waals surface area contributed by atoms with Crippen molar-refractivity contribution in [1.29, 1.82) is 0 Å². The van der Waals surface area contributed by atoms with E-state index in [4.69, 9.17) is 23.2 Å². The first-order chi connectivity index (χ1) is 14.5. The summed E-state index contributed by atoms with van der Waals surface area (Å²) in [4.78, 5) is 31.2. The number of halogens is 2. The van der Waals surface area contributed by atoms with E-state index in [9.17, 15) is 9.59 Å². The standard InChI is InChI=1S/C21H15Cl2N3O2S2/c22-13-3-6-15(7-4-13)26-20(28)17-8-5-14(23)10-18(17)25-21(26)30-12-19(27)24-11-16-2-1-9-29-16/h1-10H,11-12H2,(H,24,27). The lowest BCUT2D eigenvalue weighted by atomic mass is 10.2. The van der Waals surface area contributed by atoms with Crippen molar-refractivity contribution in [1.82, 2.24) is 14.9 Å². The molecule has 2 aromatic carbocycles. The predicted molar refractivity (Wildman–Crippen MR) is 124 cm³/mol. The van der Waals surface area contributed by atoms with Crippen molar-refractivity contribution in [3.05, 3.63) is 85.3 Å². The molecule has 30 heavy (non-hydrogen) atoms. The van der Waals surface area contributed by atoms with Gasteiger partial charge in [-0.25, -0.2) is 4.98 Å². The van der Waals surface area contributed by atoms with E-state index in [0.29, 0.717) is 38.3 Å². The lowest BCUT2D eigenvalue weighted by molar-refractivity contribution is -0.118. The van der Waals surface area contributed by atoms with Crippen LogP contribution in [-0.2, 0) is 11.3 Å². The molecule has 0 fully saturated rings. The quantitative estimate of drug-likeness (QED) is 0.308. The van der Waals surface area contributed by atoms with Crippen molar-refractivity contribution in [3.8, 4) is 5.69 Å².